The maximum atomic E-state index is 12.5. The van der Waals surface area contributed by atoms with Gasteiger partial charge in [0.1, 0.15) is 6.54 Å². The Hall–Kier alpha value is -2.62. The van der Waals surface area contributed by atoms with E-state index >= 15 is 0 Å². The van der Waals surface area contributed by atoms with Crippen molar-refractivity contribution in [3.8, 4) is 0 Å². The van der Waals surface area contributed by atoms with Gasteiger partial charge in [-0.25, -0.2) is 0 Å². The summed E-state index contributed by atoms with van der Waals surface area (Å²) in [6.07, 6.45) is 0.873. The molecule has 0 atom stereocenters. The van der Waals surface area contributed by atoms with E-state index in [4.69, 9.17) is 0 Å². The van der Waals surface area contributed by atoms with Crippen LogP contribution >= 0.6 is 0 Å². The second-order valence-corrected chi connectivity index (χ2v) is 5.45. The molecule has 0 N–H and O–H groups in total. The van der Waals surface area contributed by atoms with Crippen molar-refractivity contribution in [2.45, 2.75) is 6.42 Å². The van der Waals surface area contributed by atoms with Crippen LogP contribution in [0, 0.1) is 0 Å². The van der Waals surface area contributed by atoms with Crippen molar-refractivity contribution in [3.05, 3.63) is 65.7 Å². The zero-order valence-corrected chi connectivity index (χ0v) is 12.5. The Balaban J connectivity index is 1.69. The first-order valence-corrected chi connectivity index (χ1v) is 7.35. The Labute approximate surface area is 130 Å². The lowest BCUT2D eigenvalue weighted by Crippen LogP contribution is -2.40. The first-order valence-electron chi connectivity index (χ1n) is 7.35. The Kier molecular flexibility index (Phi) is 3.92. The topological polar surface area (TPSA) is 40.6 Å². The molecule has 0 spiro atoms. The molecule has 4 nitrogen and oxygen atoms in total. The van der Waals surface area contributed by atoms with Crippen molar-refractivity contribution in [2.75, 3.05) is 25.0 Å². The minimum atomic E-state index is -0.138. The average Bonchev–Trinajstić information content (AvgIpc) is 2.99. The molecule has 0 bridgehead atoms. The number of benzene rings is 2. The standard InChI is InChI=1S/C18H18N2O2/c1-19(18(22)15-8-3-2-4-9-15)13-17(21)20-12-11-14-7-5-6-10-16(14)20/h2-10H,11-13H2,1H3. The zero-order chi connectivity index (χ0) is 15.5. The fourth-order valence-corrected chi connectivity index (χ4v) is 2.76. The predicted octanol–water partition coefficient (Wildman–Crippen LogP) is 2.35. The minimum absolute atomic E-state index is 0.0447. The van der Waals surface area contributed by atoms with E-state index in [1.54, 1.807) is 24.1 Å². The summed E-state index contributed by atoms with van der Waals surface area (Å²) in [5, 5.41) is 0. The number of likely N-dealkylation sites (N-methyl/N-ethyl adjacent to an activating group) is 1. The van der Waals surface area contributed by atoms with Crippen LogP contribution in [-0.2, 0) is 11.2 Å². The van der Waals surface area contributed by atoms with E-state index in [1.807, 2.05) is 42.5 Å². The molecule has 0 saturated heterocycles. The highest BCUT2D eigenvalue weighted by Crippen LogP contribution is 2.27. The van der Waals surface area contributed by atoms with Crippen LogP contribution in [0.15, 0.2) is 54.6 Å². The first kappa shape index (κ1) is 14.3. The maximum Gasteiger partial charge on any atom is 0.254 e. The smallest absolute Gasteiger partial charge is 0.254 e. The van der Waals surface area contributed by atoms with Crippen molar-refractivity contribution in [3.63, 3.8) is 0 Å². The molecule has 1 heterocycles. The number of fused-ring (bicyclic) bond motifs is 1. The lowest BCUT2D eigenvalue weighted by Gasteiger charge is -2.22. The highest BCUT2D eigenvalue weighted by molar-refractivity contribution is 6.01. The van der Waals surface area contributed by atoms with Gasteiger partial charge < -0.3 is 9.80 Å². The van der Waals surface area contributed by atoms with E-state index in [9.17, 15) is 9.59 Å². The van der Waals surface area contributed by atoms with Gasteiger partial charge in [0.2, 0.25) is 5.91 Å². The van der Waals surface area contributed by atoms with Crippen LogP contribution in [-0.4, -0.2) is 36.9 Å². The number of anilines is 1. The predicted molar refractivity (Wildman–Crippen MR) is 85.9 cm³/mol. The zero-order valence-electron chi connectivity index (χ0n) is 12.5. The maximum absolute atomic E-state index is 12.5. The second-order valence-electron chi connectivity index (χ2n) is 5.45. The molecule has 0 aromatic heterocycles. The van der Waals surface area contributed by atoms with Crippen molar-refractivity contribution in [2.24, 2.45) is 0 Å². The lowest BCUT2D eigenvalue weighted by atomic mass is 10.2. The largest absolute Gasteiger partial charge is 0.332 e. The van der Waals surface area contributed by atoms with Crippen molar-refractivity contribution in [1.82, 2.24) is 4.90 Å². The normalized spacial score (nSPS) is 12.9. The second kappa shape index (κ2) is 6.02. The third kappa shape index (κ3) is 2.72. The number of carbonyl (C=O) groups is 2. The number of carbonyl (C=O) groups excluding carboxylic acids is 2. The van der Waals surface area contributed by atoms with Gasteiger partial charge in [0.15, 0.2) is 0 Å². The molecule has 2 amide bonds. The summed E-state index contributed by atoms with van der Waals surface area (Å²) in [5.74, 6) is -0.182. The summed E-state index contributed by atoms with van der Waals surface area (Å²) < 4.78 is 0. The molecule has 0 saturated carbocycles. The fraction of sp³-hybridized carbons (Fsp3) is 0.222. The molecule has 2 aromatic rings. The fourth-order valence-electron chi connectivity index (χ4n) is 2.76. The third-order valence-corrected chi connectivity index (χ3v) is 3.93. The summed E-state index contributed by atoms with van der Waals surface area (Å²) in [7, 11) is 1.66. The molecular weight excluding hydrogens is 276 g/mol. The third-order valence-electron chi connectivity index (χ3n) is 3.93. The van der Waals surface area contributed by atoms with E-state index in [0.29, 0.717) is 12.1 Å². The Morgan fingerprint density at radius 1 is 1.05 bits per heavy atom. The molecule has 112 valence electrons. The number of rotatable bonds is 3. The molecule has 4 heteroatoms. The van der Waals surface area contributed by atoms with Crippen molar-refractivity contribution >= 4 is 17.5 Å². The summed E-state index contributed by atoms with van der Waals surface area (Å²) in [4.78, 5) is 28.0. The Bertz CT molecular complexity index is 697. The minimum Gasteiger partial charge on any atom is -0.332 e. The van der Waals surface area contributed by atoms with Crippen molar-refractivity contribution < 1.29 is 9.59 Å². The highest BCUT2D eigenvalue weighted by atomic mass is 16.2. The number of hydrogen-bond donors (Lipinski definition) is 0. The number of hydrogen-bond acceptors (Lipinski definition) is 2. The molecule has 0 fully saturated rings. The van der Waals surface area contributed by atoms with Gasteiger partial charge in [-0.2, -0.15) is 0 Å². The van der Waals surface area contributed by atoms with Gasteiger partial charge in [0.25, 0.3) is 5.91 Å². The molecule has 2 aromatic carbocycles. The van der Waals surface area contributed by atoms with E-state index in [2.05, 4.69) is 0 Å². The van der Waals surface area contributed by atoms with Crippen LogP contribution in [0.25, 0.3) is 0 Å². The van der Waals surface area contributed by atoms with Crippen LogP contribution in [0.2, 0.25) is 0 Å². The summed E-state index contributed by atoms with van der Waals surface area (Å²) in [6, 6.07) is 16.9. The van der Waals surface area contributed by atoms with Crippen LogP contribution in [0.3, 0.4) is 0 Å². The molecule has 3 rings (SSSR count). The number of nitrogens with zero attached hydrogens (tertiary/aromatic N) is 2. The Morgan fingerprint density at radius 2 is 1.73 bits per heavy atom. The molecular formula is C18H18N2O2. The van der Waals surface area contributed by atoms with Gasteiger partial charge in [-0.05, 0) is 30.2 Å². The van der Waals surface area contributed by atoms with Gasteiger partial charge >= 0.3 is 0 Å². The van der Waals surface area contributed by atoms with Crippen molar-refractivity contribution in [1.29, 1.82) is 0 Å². The van der Waals surface area contributed by atoms with Crippen LogP contribution in [0.1, 0.15) is 15.9 Å². The van der Waals surface area contributed by atoms with Crippen LogP contribution in [0.4, 0.5) is 5.69 Å². The van der Waals surface area contributed by atoms with E-state index < -0.39 is 0 Å². The first-order chi connectivity index (χ1) is 10.7. The summed E-state index contributed by atoms with van der Waals surface area (Å²) >= 11 is 0. The highest BCUT2D eigenvalue weighted by Gasteiger charge is 2.25. The molecule has 0 aliphatic carbocycles. The number of amides is 2. The van der Waals surface area contributed by atoms with Gasteiger partial charge in [0, 0.05) is 24.8 Å². The van der Waals surface area contributed by atoms with Crippen LogP contribution < -0.4 is 4.90 Å². The summed E-state index contributed by atoms with van der Waals surface area (Å²) in [5.41, 5.74) is 2.75. The molecule has 0 radical (unpaired) electrons. The van der Waals surface area contributed by atoms with E-state index in [0.717, 1.165) is 12.1 Å². The Morgan fingerprint density at radius 3 is 2.50 bits per heavy atom. The SMILES string of the molecule is CN(CC(=O)N1CCc2ccccc21)C(=O)c1ccccc1. The van der Waals surface area contributed by atoms with Gasteiger partial charge in [0.05, 0.1) is 0 Å². The van der Waals surface area contributed by atoms with Crippen LogP contribution in [0.5, 0.6) is 0 Å². The van der Waals surface area contributed by atoms with E-state index in [1.165, 1.54) is 10.5 Å². The average molecular weight is 294 g/mol. The van der Waals surface area contributed by atoms with Gasteiger partial charge in [-0.1, -0.05) is 36.4 Å². The van der Waals surface area contributed by atoms with E-state index in [-0.39, 0.29) is 18.4 Å². The summed E-state index contributed by atoms with van der Waals surface area (Å²) in [6.45, 7) is 0.771. The lowest BCUT2D eigenvalue weighted by molar-refractivity contribution is -0.119. The molecule has 22 heavy (non-hydrogen) atoms. The quantitative estimate of drug-likeness (QED) is 0.872. The molecule has 1 aliphatic rings. The monoisotopic (exact) mass is 294 g/mol. The van der Waals surface area contributed by atoms with Gasteiger partial charge in [-0.3, -0.25) is 9.59 Å². The molecule has 0 unspecified atom stereocenters. The van der Waals surface area contributed by atoms with Gasteiger partial charge in [-0.15, -0.1) is 0 Å². The molecule has 1 aliphatic heterocycles. The number of para-hydroxylation sites is 1.